The molecule has 1 heterocycles. The largest absolute Gasteiger partial charge is 0.335 e. The number of nitrogens with one attached hydrogen (secondary N) is 2. The minimum Gasteiger partial charge on any atom is -0.335 e. The number of non-ortho nitro benzene ring substituents is 1. The smallest absolute Gasteiger partial charge is 0.269 e. The van der Waals surface area contributed by atoms with Gasteiger partial charge in [-0.05, 0) is 12.5 Å². The number of piperidine rings is 1. The molecule has 0 spiro atoms. The molecule has 0 radical (unpaired) electrons. The van der Waals surface area contributed by atoms with Crippen LogP contribution in [0.1, 0.15) is 25.3 Å². The topological polar surface area (TPSA) is 89.0 Å². The van der Waals surface area contributed by atoms with E-state index in [1.165, 1.54) is 12.1 Å². The van der Waals surface area contributed by atoms with Crippen molar-refractivity contribution in [1.82, 2.24) is 5.43 Å². The van der Waals surface area contributed by atoms with Crippen LogP contribution < -0.4 is 10.3 Å². The van der Waals surface area contributed by atoms with Crippen molar-refractivity contribution in [1.29, 1.82) is 0 Å². The molecule has 0 bridgehead atoms. The predicted octanol–water partition coefficient (Wildman–Crippen LogP) is 0.308. The number of carbonyl (C=O) groups excluding carboxylic acids is 1. The predicted molar refractivity (Wildman–Crippen MR) is 82.8 cm³/mol. The van der Waals surface area contributed by atoms with Crippen molar-refractivity contribution in [2.24, 2.45) is 5.10 Å². The Morgan fingerprint density at radius 1 is 1.32 bits per heavy atom. The van der Waals surface area contributed by atoms with Gasteiger partial charge < -0.3 is 4.90 Å². The van der Waals surface area contributed by atoms with Gasteiger partial charge in [-0.3, -0.25) is 14.9 Å². The molecule has 1 aliphatic heterocycles. The van der Waals surface area contributed by atoms with E-state index in [9.17, 15) is 14.9 Å². The maximum atomic E-state index is 11.8. The summed E-state index contributed by atoms with van der Waals surface area (Å²) in [6.07, 6.45) is 2.00. The molecule has 118 valence electrons. The average molecular weight is 305 g/mol. The molecule has 22 heavy (non-hydrogen) atoms. The molecule has 1 aromatic rings. The molecule has 1 saturated heterocycles. The summed E-state index contributed by atoms with van der Waals surface area (Å²) < 4.78 is 0. The number of likely N-dealkylation sites (tertiary alicyclic amines) is 1. The van der Waals surface area contributed by atoms with E-state index in [0.717, 1.165) is 43.8 Å². The zero-order valence-electron chi connectivity index (χ0n) is 12.7. The molecule has 0 aromatic heterocycles. The lowest BCUT2D eigenvalue weighted by Crippen LogP contribution is -3.12. The fourth-order valence-corrected chi connectivity index (χ4v) is 2.46. The lowest BCUT2D eigenvalue weighted by atomic mass is 10.1. The normalized spacial score (nSPS) is 17.9. The third kappa shape index (κ3) is 4.63. The second-order valence-electron chi connectivity index (χ2n) is 5.42. The van der Waals surface area contributed by atoms with Crippen LogP contribution in [0.4, 0.5) is 5.69 Å². The van der Waals surface area contributed by atoms with Crippen LogP contribution in [-0.2, 0) is 11.2 Å². The van der Waals surface area contributed by atoms with Crippen molar-refractivity contribution in [2.45, 2.75) is 26.2 Å². The van der Waals surface area contributed by atoms with Gasteiger partial charge in [-0.1, -0.05) is 12.1 Å². The molecule has 7 nitrogen and oxygen atoms in total. The number of rotatable bonds is 5. The van der Waals surface area contributed by atoms with Gasteiger partial charge in [0.2, 0.25) is 5.91 Å². The third-order valence-electron chi connectivity index (χ3n) is 3.88. The van der Waals surface area contributed by atoms with Gasteiger partial charge in [-0.15, -0.1) is 0 Å². The van der Waals surface area contributed by atoms with Crippen LogP contribution in [-0.4, -0.2) is 36.2 Å². The highest BCUT2D eigenvalue weighted by Gasteiger charge is 2.16. The number of hydrogen-bond acceptors (Lipinski definition) is 4. The first kappa shape index (κ1) is 16.1. The van der Waals surface area contributed by atoms with Crippen molar-refractivity contribution in [3.63, 3.8) is 0 Å². The molecule has 1 aromatic carbocycles. The summed E-state index contributed by atoms with van der Waals surface area (Å²) in [6.45, 7) is 5.42. The second-order valence-corrected chi connectivity index (χ2v) is 5.42. The average Bonchev–Trinajstić information content (AvgIpc) is 2.54. The van der Waals surface area contributed by atoms with Gasteiger partial charge in [0.25, 0.3) is 5.69 Å². The minimum absolute atomic E-state index is 0.0228. The quantitative estimate of drug-likeness (QED) is 0.606. The molecule has 1 fully saturated rings. The summed E-state index contributed by atoms with van der Waals surface area (Å²) in [4.78, 5) is 23.5. The molecule has 7 heteroatoms. The Morgan fingerprint density at radius 2 is 1.95 bits per heavy atom. The van der Waals surface area contributed by atoms with E-state index >= 15 is 0 Å². The summed E-state index contributed by atoms with van der Waals surface area (Å²) in [7, 11) is 0. The Kier molecular flexibility index (Phi) is 5.60. The van der Waals surface area contributed by atoms with Gasteiger partial charge in [0, 0.05) is 30.7 Å². The zero-order chi connectivity index (χ0) is 15.9. The first-order valence-corrected chi connectivity index (χ1v) is 7.49. The molecule has 0 aliphatic carbocycles. The lowest BCUT2D eigenvalue weighted by molar-refractivity contribution is -0.899. The minimum atomic E-state index is -0.458. The lowest BCUT2D eigenvalue weighted by Gasteiger charge is -2.23. The summed E-state index contributed by atoms with van der Waals surface area (Å²) in [6, 6.07) is 5.98. The number of quaternary nitrogens is 1. The van der Waals surface area contributed by atoms with Gasteiger partial charge in [0.15, 0.2) is 0 Å². The van der Waals surface area contributed by atoms with Gasteiger partial charge in [0.05, 0.1) is 31.0 Å². The van der Waals surface area contributed by atoms with E-state index in [-0.39, 0.29) is 18.0 Å². The first-order valence-electron chi connectivity index (χ1n) is 7.49. The van der Waals surface area contributed by atoms with E-state index in [1.807, 2.05) is 0 Å². The van der Waals surface area contributed by atoms with E-state index in [2.05, 4.69) is 17.5 Å². The second kappa shape index (κ2) is 7.65. The molecule has 2 N–H and O–H groups in total. The first-order chi connectivity index (χ1) is 10.6. The number of nitro benzene ring substituents is 1. The van der Waals surface area contributed by atoms with Crippen LogP contribution in [0, 0.1) is 10.1 Å². The van der Waals surface area contributed by atoms with Crippen LogP contribution in [0.25, 0.3) is 0 Å². The summed E-state index contributed by atoms with van der Waals surface area (Å²) >= 11 is 0. The van der Waals surface area contributed by atoms with E-state index in [4.69, 9.17) is 0 Å². The highest BCUT2D eigenvalue weighted by molar-refractivity contribution is 5.87. The molecule has 1 amide bonds. The number of nitrogens with zero attached hydrogens (tertiary/aromatic N) is 2. The van der Waals surface area contributed by atoms with Gasteiger partial charge >= 0.3 is 0 Å². The maximum absolute atomic E-state index is 11.8. The number of benzene rings is 1. The molecule has 0 saturated carbocycles. The van der Waals surface area contributed by atoms with Crippen LogP contribution in [0.2, 0.25) is 0 Å². The van der Waals surface area contributed by atoms with Crippen molar-refractivity contribution in [3.05, 3.63) is 39.9 Å². The van der Waals surface area contributed by atoms with Crippen LogP contribution >= 0.6 is 0 Å². The van der Waals surface area contributed by atoms with Gasteiger partial charge in [-0.25, -0.2) is 5.43 Å². The molecular formula is C15H21N4O3+. The van der Waals surface area contributed by atoms with Crippen molar-refractivity contribution in [3.8, 4) is 0 Å². The van der Waals surface area contributed by atoms with E-state index in [1.54, 1.807) is 17.0 Å². The summed E-state index contributed by atoms with van der Waals surface area (Å²) in [5.41, 5.74) is 4.37. The molecular weight excluding hydrogens is 284 g/mol. The van der Waals surface area contributed by atoms with Crippen LogP contribution in [0.5, 0.6) is 0 Å². The Bertz CT molecular complexity index is 559. The fourth-order valence-electron chi connectivity index (χ4n) is 2.46. The standard InChI is InChI=1S/C15H20N4O3/c1-2-18-9-7-13(8-10-18)16-17-15(20)11-12-3-5-14(6-4-12)19(21)22/h3-6H,2,7-11H2,1H3,(H,17,20)/p+1. The highest BCUT2D eigenvalue weighted by atomic mass is 16.6. The van der Waals surface area contributed by atoms with Gasteiger partial charge in [0.1, 0.15) is 0 Å². The Balaban J connectivity index is 1.81. The Labute approximate surface area is 129 Å². The number of hydrogen-bond donors (Lipinski definition) is 2. The Morgan fingerprint density at radius 3 is 2.50 bits per heavy atom. The highest BCUT2D eigenvalue weighted by Crippen LogP contribution is 2.12. The molecule has 2 rings (SSSR count). The fraction of sp³-hybridized carbons (Fsp3) is 0.467. The number of amides is 1. The Hall–Kier alpha value is -2.28. The van der Waals surface area contributed by atoms with Crippen LogP contribution in [0.3, 0.4) is 0 Å². The third-order valence-corrected chi connectivity index (χ3v) is 3.88. The number of hydrazone groups is 1. The summed E-state index contributed by atoms with van der Waals surface area (Å²) in [5, 5.41) is 14.8. The SMILES string of the molecule is CC[NH+]1CCC(=NNC(=O)Cc2ccc([N+](=O)[O-])cc2)CC1. The van der Waals surface area contributed by atoms with Gasteiger partial charge in [-0.2, -0.15) is 5.10 Å². The molecule has 0 atom stereocenters. The van der Waals surface area contributed by atoms with Crippen molar-refractivity contribution in [2.75, 3.05) is 19.6 Å². The van der Waals surface area contributed by atoms with E-state index < -0.39 is 4.92 Å². The van der Waals surface area contributed by atoms with Crippen LogP contribution in [0.15, 0.2) is 29.4 Å². The molecule has 1 aliphatic rings. The number of carbonyl (C=O) groups is 1. The molecule has 0 unspecified atom stereocenters. The summed E-state index contributed by atoms with van der Waals surface area (Å²) in [5.74, 6) is -0.202. The van der Waals surface area contributed by atoms with Crippen molar-refractivity contribution >= 4 is 17.3 Å². The zero-order valence-corrected chi connectivity index (χ0v) is 12.7. The monoisotopic (exact) mass is 305 g/mol. The number of nitro groups is 1. The van der Waals surface area contributed by atoms with E-state index in [0.29, 0.717) is 0 Å². The maximum Gasteiger partial charge on any atom is 0.269 e. The van der Waals surface area contributed by atoms with Crippen molar-refractivity contribution < 1.29 is 14.6 Å².